The average Bonchev–Trinajstić information content (AvgIpc) is 2.82. The van der Waals surface area contributed by atoms with Crippen molar-refractivity contribution in [3.05, 3.63) is 58.0 Å². The summed E-state index contributed by atoms with van der Waals surface area (Å²) in [7, 11) is 0. The minimum Gasteiger partial charge on any atom is -0.380 e. The molecule has 18 heavy (non-hydrogen) atoms. The summed E-state index contributed by atoms with van der Waals surface area (Å²) < 4.78 is 0.828. The van der Waals surface area contributed by atoms with Crippen LogP contribution in [0.15, 0.2) is 48.8 Å². The normalized spacial score (nSPS) is 10.7. The van der Waals surface area contributed by atoms with Crippen molar-refractivity contribution in [2.45, 2.75) is 6.54 Å². The number of anilines is 1. The van der Waals surface area contributed by atoms with E-state index in [-0.39, 0.29) is 0 Å². The standard InChI is InChI=1S/C14H11ClN2S/c15-14-5-4-11(18-14)9-17-13-3-1-2-10-8-16-7-6-12(10)13/h1-8,17H,9H2. The first kappa shape index (κ1) is 11.5. The van der Waals surface area contributed by atoms with E-state index in [9.17, 15) is 0 Å². The number of fused-ring (bicyclic) bond motifs is 1. The van der Waals surface area contributed by atoms with Gasteiger partial charge in [0.15, 0.2) is 0 Å². The van der Waals surface area contributed by atoms with Gasteiger partial charge in [0.05, 0.1) is 4.34 Å². The molecule has 1 N–H and O–H groups in total. The molecule has 2 heterocycles. The summed E-state index contributed by atoms with van der Waals surface area (Å²) in [5, 5.41) is 5.78. The molecule has 0 radical (unpaired) electrons. The minimum atomic E-state index is 0.790. The van der Waals surface area contributed by atoms with E-state index in [4.69, 9.17) is 11.6 Å². The Morgan fingerprint density at radius 3 is 2.94 bits per heavy atom. The molecule has 3 aromatic rings. The average molecular weight is 275 g/mol. The van der Waals surface area contributed by atoms with Crippen LogP contribution >= 0.6 is 22.9 Å². The van der Waals surface area contributed by atoms with Gasteiger partial charge >= 0.3 is 0 Å². The predicted octanol–water partition coefficient (Wildman–Crippen LogP) is 4.56. The van der Waals surface area contributed by atoms with E-state index in [2.05, 4.69) is 22.4 Å². The third-order valence-corrected chi connectivity index (χ3v) is 3.99. The van der Waals surface area contributed by atoms with Gasteiger partial charge in [0.25, 0.3) is 0 Å². The Bertz CT molecular complexity index is 673. The molecule has 0 unspecified atom stereocenters. The highest BCUT2D eigenvalue weighted by atomic mass is 35.5. The smallest absolute Gasteiger partial charge is 0.0931 e. The summed E-state index contributed by atoms with van der Waals surface area (Å²) in [5.41, 5.74) is 1.12. The molecular weight excluding hydrogens is 264 g/mol. The van der Waals surface area contributed by atoms with Crippen LogP contribution in [-0.4, -0.2) is 4.98 Å². The van der Waals surface area contributed by atoms with Gasteiger partial charge in [-0.25, -0.2) is 0 Å². The van der Waals surface area contributed by atoms with Crippen LogP contribution in [0.2, 0.25) is 4.34 Å². The molecule has 2 nitrogen and oxygen atoms in total. The maximum absolute atomic E-state index is 5.92. The van der Waals surface area contributed by atoms with Crippen LogP contribution in [0.4, 0.5) is 5.69 Å². The van der Waals surface area contributed by atoms with E-state index < -0.39 is 0 Å². The number of hydrogen-bond acceptors (Lipinski definition) is 3. The van der Waals surface area contributed by atoms with Crippen LogP contribution in [0.5, 0.6) is 0 Å². The molecule has 2 aromatic heterocycles. The molecule has 0 aliphatic heterocycles. The van der Waals surface area contributed by atoms with Crippen LogP contribution in [0.1, 0.15) is 4.88 Å². The van der Waals surface area contributed by atoms with Crippen LogP contribution in [0.3, 0.4) is 0 Å². The molecule has 0 saturated heterocycles. The van der Waals surface area contributed by atoms with Crippen molar-refractivity contribution in [2.24, 2.45) is 0 Å². The Morgan fingerprint density at radius 1 is 1.17 bits per heavy atom. The fourth-order valence-corrected chi connectivity index (χ4v) is 2.93. The Morgan fingerprint density at radius 2 is 2.11 bits per heavy atom. The Labute approximate surface area is 114 Å². The summed E-state index contributed by atoms with van der Waals surface area (Å²) in [6.07, 6.45) is 3.69. The SMILES string of the molecule is Clc1ccc(CNc2cccc3cnccc23)s1. The molecule has 3 rings (SSSR count). The van der Waals surface area contributed by atoms with Crippen LogP contribution in [0.25, 0.3) is 10.8 Å². The quantitative estimate of drug-likeness (QED) is 0.757. The maximum Gasteiger partial charge on any atom is 0.0931 e. The number of thiophene rings is 1. The molecule has 0 aliphatic carbocycles. The van der Waals surface area contributed by atoms with Gasteiger partial charge in [-0.3, -0.25) is 4.98 Å². The van der Waals surface area contributed by atoms with Gasteiger partial charge in [0.1, 0.15) is 0 Å². The maximum atomic E-state index is 5.92. The Kier molecular flexibility index (Phi) is 3.17. The lowest BCUT2D eigenvalue weighted by atomic mass is 10.1. The topological polar surface area (TPSA) is 24.9 Å². The van der Waals surface area contributed by atoms with Crippen molar-refractivity contribution in [1.82, 2.24) is 4.98 Å². The van der Waals surface area contributed by atoms with E-state index >= 15 is 0 Å². The van der Waals surface area contributed by atoms with Crippen molar-refractivity contribution in [3.8, 4) is 0 Å². The number of nitrogens with one attached hydrogen (secondary N) is 1. The molecule has 0 atom stereocenters. The summed E-state index contributed by atoms with van der Waals surface area (Å²) in [6.45, 7) is 0.790. The van der Waals surface area contributed by atoms with E-state index in [0.717, 1.165) is 22.0 Å². The third-order valence-electron chi connectivity index (χ3n) is 2.76. The number of nitrogens with zero attached hydrogens (tertiary/aromatic N) is 1. The fraction of sp³-hybridized carbons (Fsp3) is 0.0714. The zero-order valence-corrected chi connectivity index (χ0v) is 11.1. The van der Waals surface area contributed by atoms with Crippen LogP contribution < -0.4 is 5.32 Å². The van der Waals surface area contributed by atoms with Crippen LogP contribution in [0, 0.1) is 0 Å². The van der Waals surface area contributed by atoms with Crippen molar-refractivity contribution >= 4 is 39.4 Å². The lowest BCUT2D eigenvalue weighted by molar-refractivity contribution is 1.20. The number of rotatable bonds is 3. The van der Waals surface area contributed by atoms with Gasteiger partial charge in [0, 0.05) is 40.3 Å². The van der Waals surface area contributed by atoms with E-state index in [1.54, 1.807) is 11.3 Å². The minimum absolute atomic E-state index is 0.790. The first-order valence-electron chi connectivity index (χ1n) is 5.64. The zero-order chi connectivity index (χ0) is 12.4. The van der Waals surface area contributed by atoms with E-state index in [1.165, 1.54) is 10.3 Å². The molecule has 0 amide bonds. The van der Waals surface area contributed by atoms with Crippen molar-refractivity contribution < 1.29 is 0 Å². The number of benzene rings is 1. The molecule has 0 aliphatic rings. The second kappa shape index (κ2) is 4.96. The van der Waals surface area contributed by atoms with Gasteiger partial charge in [-0.2, -0.15) is 0 Å². The monoisotopic (exact) mass is 274 g/mol. The number of halogens is 1. The third kappa shape index (κ3) is 2.33. The molecular formula is C14H11ClN2S. The summed E-state index contributed by atoms with van der Waals surface area (Å²) >= 11 is 7.52. The molecule has 0 saturated carbocycles. The Hall–Kier alpha value is -1.58. The highest BCUT2D eigenvalue weighted by Crippen LogP contribution is 2.25. The van der Waals surface area contributed by atoms with Gasteiger partial charge in [-0.05, 0) is 24.3 Å². The predicted molar refractivity (Wildman–Crippen MR) is 78.4 cm³/mol. The van der Waals surface area contributed by atoms with Crippen molar-refractivity contribution in [1.29, 1.82) is 0 Å². The summed E-state index contributed by atoms with van der Waals surface area (Å²) in [6, 6.07) is 12.2. The molecule has 0 bridgehead atoms. The summed E-state index contributed by atoms with van der Waals surface area (Å²) in [4.78, 5) is 5.36. The van der Waals surface area contributed by atoms with Gasteiger partial charge in [-0.1, -0.05) is 23.7 Å². The van der Waals surface area contributed by atoms with Crippen molar-refractivity contribution in [3.63, 3.8) is 0 Å². The second-order valence-electron chi connectivity index (χ2n) is 3.96. The Balaban J connectivity index is 1.86. The first-order chi connectivity index (χ1) is 8.83. The van der Waals surface area contributed by atoms with E-state index in [0.29, 0.717) is 0 Å². The van der Waals surface area contributed by atoms with Crippen LogP contribution in [-0.2, 0) is 6.54 Å². The molecule has 90 valence electrons. The lowest BCUT2D eigenvalue weighted by Crippen LogP contribution is -1.97. The fourth-order valence-electron chi connectivity index (χ4n) is 1.91. The highest BCUT2D eigenvalue weighted by Gasteiger charge is 2.01. The van der Waals surface area contributed by atoms with Gasteiger partial charge < -0.3 is 5.32 Å². The summed E-state index contributed by atoms with van der Waals surface area (Å²) in [5.74, 6) is 0. The number of pyridine rings is 1. The molecule has 4 heteroatoms. The largest absolute Gasteiger partial charge is 0.380 e. The zero-order valence-electron chi connectivity index (χ0n) is 9.56. The molecule has 1 aromatic carbocycles. The molecule has 0 spiro atoms. The second-order valence-corrected chi connectivity index (χ2v) is 5.76. The van der Waals surface area contributed by atoms with Gasteiger partial charge in [-0.15, -0.1) is 11.3 Å². The lowest BCUT2D eigenvalue weighted by Gasteiger charge is -2.08. The van der Waals surface area contributed by atoms with E-state index in [1.807, 2.05) is 36.7 Å². The molecule has 0 fully saturated rings. The highest BCUT2D eigenvalue weighted by molar-refractivity contribution is 7.16. The van der Waals surface area contributed by atoms with Gasteiger partial charge in [0.2, 0.25) is 0 Å². The number of hydrogen-bond donors (Lipinski definition) is 1. The van der Waals surface area contributed by atoms with Crippen molar-refractivity contribution in [2.75, 3.05) is 5.32 Å². The first-order valence-corrected chi connectivity index (χ1v) is 6.83. The number of aromatic nitrogens is 1.